The van der Waals surface area contributed by atoms with Crippen molar-refractivity contribution in [1.29, 1.82) is 0 Å². The van der Waals surface area contributed by atoms with Gasteiger partial charge >= 0.3 is 0 Å². The highest BCUT2D eigenvalue weighted by Gasteiger charge is 2.00. The standard InChI is InChI=1S/C13H14BrNOS/c1-16-11-4-2-10(3-5-11)8-15-9-13-12(14)6-7-17-13/h2-7,15H,8-9H2,1H3. The number of nitrogens with one attached hydrogen (secondary N) is 1. The Morgan fingerprint density at radius 3 is 2.53 bits per heavy atom. The van der Waals surface area contributed by atoms with E-state index in [1.807, 2.05) is 12.1 Å². The first kappa shape index (κ1) is 12.6. The minimum absolute atomic E-state index is 0.869. The third-order valence-corrected chi connectivity index (χ3v) is 4.39. The number of methoxy groups -OCH3 is 1. The molecular weight excluding hydrogens is 298 g/mol. The number of thiophene rings is 1. The lowest BCUT2D eigenvalue weighted by Crippen LogP contribution is -2.11. The lowest BCUT2D eigenvalue weighted by molar-refractivity contribution is 0.414. The third-order valence-electron chi connectivity index (χ3n) is 2.46. The quantitative estimate of drug-likeness (QED) is 0.906. The highest BCUT2D eigenvalue weighted by Crippen LogP contribution is 2.22. The topological polar surface area (TPSA) is 21.3 Å². The van der Waals surface area contributed by atoms with Crippen LogP contribution in [0.2, 0.25) is 0 Å². The maximum absolute atomic E-state index is 5.12. The van der Waals surface area contributed by atoms with Crippen LogP contribution in [0.15, 0.2) is 40.2 Å². The van der Waals surface area contributed by atoms with E-state index >= 15 is 0 Å². The van der Waals surface area contributed by atoms with Crippen LogP contribution in [0.3, 0.4) is 0 Å². The summed E-state index contributed by atoms with van der Waals surface area (Å²) in [5.74, 6) is 0.898. The van der Waals surface area contributed by atoms with Gasteiger partial charge in [-0.05, 0) is 45.1 Å². The summed E-state index contributed by atoms with van der Waals surface area (Å²) in [7, 11) is 1.68. The Balaban J connectivity index is 1.83. The van der Waals surface area contributed by atoms with E-state index < -0.39 is 0 Å². The fourth-order valence-electron chi connectivity index (χ4n) is 1.51. The van der Waals surface area contributed by atoms with Gasteiger partial charge in [-0.2, -0.15) is 0 Å². The molecule has 0 aliphatic heterocycles. The van der Waals surface area contributed by atoms with Crippen LogP contribution in [-0.4, -0.2) is 7.11 Å². The van der Waals surface area contributed by atoms with Crippen molar-refractivity contribution >= 4 is 27.3 Å². The van der Waals surface area contributed by atoms with Crippen molar-refractivity contribution in [2.45, 2.75) is 13.1 Å². The number of hydrogen-bond acceptors (Lipinski definition) is 3. The summed E-state index contributed by atoms with van der Waals surface area (Å²) >= 11 is 5.29. The molecule has 0 fully saturated rings. The SMILES string of the molecule is COc1ccc(CNCc2sccc2Br)cc1. The van der Waals surface area contributed by atoms with Gasteiger partial charge in [0.05, 0.1) is 7.11 Å². The van der Waals surface area contributed by atoms with E-state index in [1.165, 1.54) is 14.9 Å². The minimum Gasteiger partial charge on any atom is -0.497 e. The van der Waals surface area contributed by atoms with Gasteiger partial charge in [-0.25, -0.2) is 0 Å². The van der Waals surface area contributed by atoms with Crippen molar-refractivity contribution in [3.05, 3.63) is 50.6 Å². The molecule has 0 amide bonds. The summed E-state index contributed by atoms with van der Waals surface area (Å²) in [6, 6.07) is 10.2. The molecule has 0 radical (unpaired) electrons. The lowest BCUT2D eigenvalue weighted by atomic mass is 10.2. The molecule has 4 heteroatoms. The summed E-state index contributed by atoms with van der Waals surface area (Å²) in [5.41, 5.74) is 1.26. The smallest absolute Gasteiger partial charge is 0.118 e. The molecule has 17 heavy (non-hydrogen) atoms. The Labute approximate surface area is 114 Å². The number of rotatable bonds is 5. The van der Waals surface area contributed by atoms with Crippen LogP contribution < -0.4 is 10.1 Å². The van der Waals surface area contributed by atoms with E-state index in [-0.39, 0.29) is 0 Å². The van der Waals surface area contributed by atoms with E-state index in [2.05, 4.69) is 44.8 Å². The molecule has 1 aromatic carbocycles. The zero-order valence-corrected chi connectivity index (χ0v) is 12.0. The summed E-state index contributed by atoms with van der Waals surface area (Å²) in [4.78, 5) is 1.33. The Morgan fingerprint density at radius 2 is 1.94 bits per heavy atom. The first-order valence-corrected chi connectivity index (χ1v) is 7.02. The second-order valence-corrected chi connectivity index (χ2v) is 5.50. The van der Waals surface area contributed by atoms with Crippen LogP contribution >= 0.6 is 27.3 Å². The number of ether oxygens (including phenoxy) is 1. The van der Waals surface area contributed by atoms with Crippen molar-refractivity contribution in [1.82, 2.24) is 5.32 Å². The molecule has 2 aromatic rings. The normalized spacial score (nSPS) is 10.5. The zero-order valence-electron chi connectivity index (χ0n) is 9.57. The van der Waals surface area contributed by atoms with Crippen LogP contribution in [-0.2, 0) is 13.1 Å². The predicted molar refractivity (Wildman–Crippen MR) is 75.6 cm³/mol. The van der Waals surface area contributed by atoms with Gasteiger partial charge in [0.1, 0.15) is 5.75 Å². The monoisotopic (exact) mass is 311 g/mol. The van der Waals surface area contributed by atoms with E-state index in [0.29, 0.717) is 0 Å². The highest BCUT2D eigenvalue weighted by atomic mass is 79.9. The first-order chi connectivity index (χ1) is 8.29. The van der Waals surface area contributed by atoms with Crippen molar-refractivity contribution in [2.75, 3.05) is 7.11 Å². The van der Waals surface area contributed by atoms with Gasteiger partial charge in [-0.15, -0.1) is 11.3 Å². The molecule has 0 atom stereocenters. The van der Waals surface area contributed by atoms with Gasteiger partial charge in [-0.1, -0.05) is 12.1 Å². The zero-order chi connectivity index (χ0) is 12.1. The molecule has 0 unspecified atom stereocenters. The molecule has 0 bridgehead atoms. The maximum atomic E-state index is 5.12. The summed E-state index contributed by atoms with van der Waals surface area (Å²) in [6.07, 6.45) is 0. The summed E-state index contributed by atoms with van der Waals surface area (Å²) in [6.45, 7) is 1.76. The maximum Gasteiger partial charge on any atom is 0.118 e. The molecule has 0 aliphatic rings. The van der Waals surface area contributed by atoms with E-state index in [9.17, 15) is 0 Å². The Kier molecular flexibility index (Phi) is 4.59. The highest BCUT2D eigenvalue weighted by molar-refractivity contribution is 9.10. The predicted octanol–water partition coefficient (Wildman–Crippen LogP) is 3.81. The lowest BCUT2D eigenvalue weighted by Gasteiger charge is -2.05. The largest absolute Gasteiger partial charge is 0.497 e. The number of hydrogen-bond donors (Lipinski definition) is 1. The second kappa shape index (κ2) is 6.19. The van der Waals surface area contributed by atoms with Gasteiger partial charge in [0.25, 0.3) is 0 Å². The minimum atomic E-state index is 0.869. The second-order valence-electron chi connectivity index (χ2n) is 3.64. The average Bonchev–Trinajstić information content (AvgIpc) is 2.76. The molecule has 0 saturated heterocycles. The number of halogens is 1. The number of benzene rings is 1. The van der Waals surface area contributed by atoms with E-state index in [4.69, 9.17) is 4.74 Å². The molecule has 1 N–H and O–H groups in total. The Morgan fingerprint density at radius 1 is 1.18 bits per heavy atom. The van der Waals surface area contributed by atoms with Crippen molar-refractivity contribution in [2.24, 2.45) is 0 Å². The van der Waals surface area contributed by atoms with Crippen LogP contribution in [0.4, 0.5) is 0 Å². The average molecular weight is 312 g/mol. The van der Waals surface area contributed by atoms with E-state index in [1.54, 1.807) is 18.4 Å². The Bertz CT molecular complexity index is 467. The fraction of sp³-hybridized carbons (Fsp3) is 0.231. The van der Waals surface area contributed by atoms with Crippen LogP contribution in [0.5, 0.6) is 5.75 Å². The molecule has 0 aliphatic carbocycles. The molecule has 2 nitrogen and oxygen atoms in total. The molecule has 90 valence electrons. The van der Waals surface area contributed by atoms with Crippen molar-refractivity contribution in [3.63, 3.8) is 0 Å². The molecule has 0 saturated carbocycles. The van der Waals surface area contributed by atoms with Gasteiger partial charge in [0.2, 0.25) is 0 Å². The molecule has 1 aromatic heterocycles. The van der Waals surface area contributed by atoms with E-state index in [0.717, 1.165) is 18.8 Å². The van der Waals surface area contributed by atoms with Gasteiger partial charge in [0, 0.05) is 22.4 Å². The van der Waals surface area contributed by atoms with Crippen molar-refractivity contribution < 1.29 is 4.74 Å². The molecule has 2 rings (SSSR count). The van der Waals surface area contributed by atoms with Crippen LogP contribution in [0.1, 0.15) is 10.4 Å². The van der Waals surface area contributed by atoms with Crippen LogP contribution in [0, 0.1) is 0 Å². The molecular formula is C13H14BrNOS. The van der Waals surface area contributed by atoms with Crippen LogP contribution in [0.25, 0.3) is 0 Å². The Hall–Kier alpha value is -0.840. The van der Waals surface area contributed by atoms with Gasteiger partial charge < -0.3 is 10.1 Å². The molecule has 1 heterocycles. The first-order valence-electron chi connectivity index (χ1n) is 5.35. The fourth-order valence-corrected chi connectivity index (χ4v) is 2.98. The van der Waals surface area contributed by atoms with Crippen molar-refractivity contribution in [3.8, 4) is 5.75 Å². The molecule has 0 spiro atoms. The third kappa shape index (κ3) is 3.56. The van der Waals surface area contributed by atoms with Gasteiger partial charge in [0.15, 0.2) is 0 Å². The van der Waals surface area contributed by atoms with Gasteiger partial charge in [-0.3, -0.25) is 0 Å². The summed E-state index contributed by atoms with van der Waals surface area (Å²) < 4.78 is 6.31. The summed E-state index contributed by atoms with van der Waals surface area (Å²) in [5, 5.41) is 5.51.